The van der Waals surface area contributed by atoms with Crippen LogP contribution in [0, 0.1) is 0 Å². The van der Waals surface area contributed by atoms with E-state index in [1.54, 1.807) is 0 Å². The van der Waals surface area contributed by atoms with E-state index in [4.69, 9.17) is 5.11 Å². The van der Waals surface area contributed by atoms with Crippen molar-refractivity contribution in [3.63, 3.8) is 0 Å². The van der Waals surface area contributed by atoms with E-state index >= 15 is 0 Å². The summed E-state index contributed by atoms with van der Waals surface area (Å²) in [6, 6.07) is 1.56. The van der Waals surface area contributed by atoms with Gasteiger partial charge < -0.3 is 15.3 Å². The number of urea groups is 1. The van der Waals surface area contributed by atoms with Crippen LogP contribution in [-0.2, 0) is 6.18 Å². The zero-order chi connectivity index (χ0) is 15.6. The first-order chi connectivity index (χ1) is 9.79. The van der Waals surface area contributed by atoms with Crippen LogP contribution in [0.2, 0.25) is 0 Å². The van der Waals surface area contributed by atoms with Gasteiger partial charge in [-0.3, -0.25) is 0 Å². The number of carboxylic acids is 1. The topological polar surface area (TPSA) is 69.6 Å². The lowest BCUT2D eigenvalue weighted by atomic mass is 10.1. The molecule has 0 unspecified atom stereocenters. The summed E-state index contributed by atoms with van der Waals surface area (Å²) in [5, 5.41) is 11.2. The van der Waals surface area contributed by atoms with Crippen LogP contribution in [0.25, 0.3) is 0 Å². The van der Waals surface area contributed by atoms with Gasteiger partial charge in [-0.1, -0.05) is 0 Å². The summed E-state index contributed by atoms with van der Waals surface area (Å²) >= 11 is 0. The van der Waals surface area contributed by atoms with Crippen LogP contribution >= 0.6 is 0 Å². The molecule has 21 heavy (non-hydrogen) atoms. The van der Waals surface area contributed by atoms with Crippen molar-refractivity contribution in [2.24, 2.45) is 0 Å². The van der Waals surface area contributed by atoms with E-state index in [0.717, 1.165) is 18.9 Å². The van der Waals surface area contributed by atoms with Gasteiger partial charge in [-0.15, -0.1) is 0 Å². The molecule has 0 radical (unpaired) electrons. The number of nitrogens with zero attached hydrogens (tertiary/aromatic N) is 1. The number of carbonyl (C=O) groups is 2. The Morgan fingerprint density at radius 1 is 1.19 bits per heavy atom. The lowest BCUT2D eigenvalue weighted by molar-refractivity contribution is -0.137. The molecular formula is C13H13F3N2O3. The summed E-state index contributed by atoms with van der Waals surface area (Å²) < 4.78 is 38.0. The number of hydrogen-bond acceptors (Lipinski definition) is 2. The lowest BCUT2D eigenvalue weighted by Crippen LogP contribution is -2.32. The molecule has 0 aromatic heterocycles. The van der Waals surface area contributed by atoms with Crippen molar-refractivity contribution >= 4 is 17.7 Å². The number of halogens is 3. The fourth-order valence-electron chi connectivity index (χ4n) is 2.12. The summed E-state index contributed by atoms with van der Waals surface area (Å²) in [6.45, 7) is 1.01. The van der Waals surface area contributed by atoms with Gasteiger partial charge in [0.25, 0.3) is 0 Å². The second-order valence-corrected chi connectivity index (χ2v) is 4.69. The molecule has 2 amide bonds. The molecule has 0 saturated carbocycles. The van der Waals surface area contributed by atoms with Gasteiger partial charge >= 0.3 is 18.2 Å². The third-order valence-electron chi connectivity index (χ3n) is 3.21. The van der Waals surface area contributed by atoms with Crippen molar-refractivity contribution in [2.45, 2.75) is 19.0 Å². The molecule has 0 spiro atoms. The van der Waals surface area contributed by atoms with Crippen LogP contribution in [0.15, 0.2) is 18.2 Å². The monoisotopic (exact) mass is 302 g/mol. The second kappa shape index (κ2) is 5.63. The third kappa shape index (κ3) is 3.45. The van der Waals surface area contributed by atoms with Crippen LogP contribution < -0.4 is 5.32 Å². The molecule has 114 valence electrons. The van der Waals surface area contributed by atoms with Gasteiger partial charge in [0.05, 0.1) is 16.8 Å². The number of hydrogen-bond donors (Lipinski definition) is 2. The summed E-state index contributed by atoms with van der Waals surface area (Å²) in [5.41, 5.74) is -1.74. The third-order valence-corrected chi connectivity index (χ3v) is 3.21. The number of rotatable bonds is 2. The first-order valence-corrected chi connectivity index (χ1v) is 6.29. The number of alkyl halides is 3. The molecule has 1 aliphatic heterocycles. The molecule has 1 aromatic rings. The molecule has 1 aromatic carbocycles. The van der Waals surface area contributed by atoms with E-state index in [-0.39, 0.29) is 11.3 Å². The largest absolute Gasteiger partial charge is 0.478 e. The van der Waals surface area contributed by atoms with Crippen LogP contribution in [-0.4, -0.2) is 35.1 Å². The zero-order valence-corrected chi connectivity index (χ0v) is 10.9. The van der Waals surface area contributed by atoms with E-state index in [1.807, 2.05) is 0 Å². The van der Waals surface area contributed by atoms with Gasteiger partial charge in [0.15, 0.2) is 0 Å². The normalized spacial score (nSPS) is 15.1. The Bertz CT molecular complexity index is 566. The average Bonchev–Trinajstić information content (AvgIpc) is 2.91. The molecule has 1 aliphatic rings. The predicted octanol–water partition coefficient (Wildman–Crippen LogP) is 3.03. The summed E-state index contributed by atoms with van der Waals surface area (Å²) in [6.07, 6.45) is -2.96. The molecule has 1 saturated heterocycles. The minimum atomic E-state index is -4.61. The summed E-state index contributed by atoms with van der Waals surface area (Å²) in [7, 11) is 0. The quantitative estimate of drug-likeness (QED) is 0.882. The van der Waals surface area contributed by atoms with Gasteiger partial charge in [-0.2, -0.15) is 13.2 Å². The Morgan fingerprint density at radius 3 is 2.33 bits per heavy atom. The van der Waals surface area contributed by atoms with Gasteiger partial charge in [-0.25, -0.2) is 9.59 Å². The molecule has 5 nitrogen and oxygen atoms in total. The maximum atomic E-state index is 12.7. The van der Waals surface area contributed by atoms with E-state index in [1.165, 1.54) is 4.90 Å². The van der Waals surface area contributed by atoms with Crippen molar-refractivity contribution in [1.82, 2.24) is 4.90 Å². The first kappa shape index (κ1) is 15.1. The first-order valence-electron chi connectivity index (χ1n) is 6.29. The smallest absolute Gasteiger partial charge is 0.416 e. The van der Waals surface area contributed by atoms with E-state index in [9.17, 15) is 22.8 Å². The lowest BCUT2D eigenvalue weighted by Gasteiger charge is -2.18. The van der Waals surface area contributed by atoms with Crippen molar-refractivity contribution in [1.29, 1.82) is 0 Å². The molecule has 0 aliphatic carbocycles. The van der Waals surface area contributed by atoms with Crippen LogP contribution in [0.5, 0.6) is 0 Å². The Balaban J connectivity index is 2.30. The molecular weight excluding hydrogens is 289 g/mol. The van der Waals surface area contributed by atoms with Crippen molar-refractivity contribution < 1.29 is 27.9 Å². The van der Waals surface area contributed by atoms with Gasteiger partial charge in [0, 0.05) is 13.1 Å². The average molecular weight is 302 g/mol. The van der Waals surface area contributed by atoms with Crippen molar-refractivity contribution in [3.05, 3.63) is 29.3 Å². The fourth-order valence-corrected chi connectivity index (χ4v) is 2.12. The Kier molecular flexibility index (Phi) is 4.06. The van der Waals surface area contributed by atoms with Crippen molar-refractivity contribution in [3.8, 4) is 0 Å². The molecule has 1 fully saturated rings. The highest BCUT2D eigenvalue weighted by molar-refractivity contribution is 6.00. The Morgan fingerprint density at radius 2 is 1.81 bits per heavy atom. The van der Waals surface area contributed by atoms with Gasteiger partial charge in [0.2, 0.25) is 0 Å². The standard InChI is InChI=1S/C13H13F3N2O3/c14-13(15,16)8-3-4-9(11(19)20)10(7-8)17-12(21)18-5-1-2-6-18/h3-4,7H,1-2,5-6H2,(H,17,21)(H,19,20). The number of likely N-dealkylation sites (tertiary alicyclic amines) is 1. The van der Waals surface area contributed by atoms with Crippen molar-refractivity contribution in [2.75, 3.05) is 18.4 Å². The van der Waals surface area contributed by atoms with Crippen LogP contribution in [0.4, 0.5) is 23.7 Å². The zero-order valence-electron chi connectivity index (χ0n) is 10.9. The number of carbonyl (C=O) groups excluding carboxylic acids is 1. The van der Waals surface area contributed by atoms with Gasteiger partial charge in [-0.05, 0) is 31.0 Å². The SMILES string of the molecule is O=C(O)c1ccc(C(F)(F)F)cc1NC(=O)N1CCCC1. The minimum Gasteiger partial charge on any atom is -0.478 e. The number of benzene rings is 1. The highest BCUT2D eigenvalue weighted by Gasteiger charge is 2.32. The molecule has 0 atom stereocenters. The number of nitrogens with one attached hydrogen (secondary N) is 1. The number of carboxylic acid groups (broad SMARTS) is 1. The summed E-state index contributed by atoms with van der Waals surface area (Å²) in [5.74, 6) is -1.40. The summed E-state index contributed by atoms with van der Waals surface area (Å²) in [4.78, 5) is 24.4. The van der Waals surface area contributed by atoms with E-state index in [0.29, 0.717) is 25.2 Å². The highest BCUT2D eigenvalue weighted by Crippen LogP contribution is 2.32. The predicted molar refractivity (Wildman–Crippen MR) is 68.2 cm³/mol. The molecule has 8 heteroatoms. The second-order valence-electron chi connectivity index (χ2n) is 4.69. The van der Waals surface area contributed by atoms with Gasteiger partial charge in [0.1, 0.15) is 0 Å². The number of aromatic carboxylic acids is 1. The molecule has 2 rings (SSSR count). The Hall–Kier alpha value is -2.25. The molecule has 1 heterocycles. The van der Waals surface area contributed by atoms with E-state index in [2.05, 4.69) is 5.32 Å². The fraction of sp³-hybridized carbons (Fsp3) is 0.385. The Labute approximate surface area is 118 Å². The number of amides is 2. The van der Waals surface area contributed by atoms with E-state index < -0.39 is 23.7 Å². The maximum absolute atomic E-state index is 12.7. The van der Waals surface area contributed by atoms with Crippen LogP contribution in [0.1, 0.15) is 28.8 Å². The minimum absolute atomic E-state index is 0.353. The van der Waals surface area contributed by atoms with Crippen LogP contribution in [0.3, 0.4) is 0 Å². The highest BCUT2D eigenvalue weighted by atomic mass is 19.4. The molecule has 2 N–H and O–H groups in total. The maximum Gasteiger partial charge on any atom is 0.416 e. The molecule has 0 bridgehead atoms. The number of anilines is 1.